The molecule has 2 saturated carbocycles. The Bertz CT molecular complexity index is 969. The van der Waals surface area contributed by atoms with E-state index in [-0.39, 0.29) is 29.8 Å². The van der Waals surface area contributed by atoms with Crippen LogP contribution in [-0.4, -0.2) is 52.5 Å². The van der Waals surface area contributed by atoms with Crippen LogP contribution in [0.1, 0.15) is 44.1 Å². The number of rotatable bonds is 6. The molecule has 1 aromatic carbocycles. The Morgan fingerprint density at radius 2 is 1.69 bits per heavy atom. The lowest BCUT2D eigenvalue weighted by Crippen LogP contribution is -2.55. The van der Waals surface area contributed by atoms with Gasteiger partial charge in [0.2, 0.25) is 17.7 Å². The van der Waals surface area contributed by atoms with E-state index in [2.05, 4.69) is 10.6 Å². The maximum absolute atomic E-state index is 13.8. The lowest BCUT2D eigenvalue weighted by molar-refractivity contribution is -0.142. The average molecular weight is 436 g/mol. The second-order valence-electron chi connectivity index (χ2n) is 9.93. The van der Waals surface area contributed by atoms with Crippen LogP contribution >= 0.6 is 0 Å². The van der Waals surface area contributed by atoms with Crippen LogP contribution in [0, 0.1) is 11.8 Å². The van der Waals surface area contributed by atoms with Gasteiger partial charge in [0, 0.05) is 18.6 Å². The van der Waals surface area contributed by atoms with Crippen LogP contribution in [0.15, 0.2) is 42.5 Å². The van der Waals surface area contributed by atoms with E-state index in [1.807, 2.05) is 42.5 Å². The van der Waals surface area contributed by atoms with E-state index in [4.69, 9.17) is 4.74 Å². The summed E-state index contributed by atoms with van der Waals surface area (Å²) in [5.41, 5.74) is -0.126. The third kappa shape index (κ3) is 3.09. The second kappa shape index (κ2) is 7.44. The topological polar surface area (TPSA) is 87.7 Å². The minimum atomic E-state index is -1.08. The van der Waals surface area contributed by atoms with Gasteiger partial charge in [0.1, 0.15) is 11.6 Å². The molecular weight excluding hydrogens is 406 g/mol. The van der Waals surface area contributed by atoms with Crippen LogP contribution in [0.2, 0.25) is 0 Å². The molecule has 0 unspecified atom stereocenters. The molecule has 6 rings (SSSR count). The van der Waals surface area contributed by atoms with Crippen LogP contribution in [-0.2, 0) is 25.7 Å². The third-order valence-electron chi connectivity index (χ3n) is 7.75. The highest BCUT2D eigenvalue weighted by Gasteiger charge is 2.72. The first-order chi connectivity index (χ1) is 15.6. The Morgan fingerprint density at radius 3 is 2.41 bits per heavy atom. The molecule has 1 aromatic rings. The Labute approximate surface area is 187 Å². The van der Waals surface area contributed by atoms with Crippen molar-refractivity contribution in [1.29, 1.82) is 0 Å². The first kappa shape index (κ1) is 20.0. The lowest BCUT2D eigenvalue weighted by atomic mass is 9.74. The van der Waals surface area contributed by atoms with Gasteiger partial charge in [0.15, 0.2) is 0 Å². The summed E-state index contributed by atoms with van der Waals surface area (Å²) in [6.45, 7) is 0.319. The number of likely N-dealkylation sites (tertiary alicyclic amines) is 1. The summed E-state index contributed by atoms with van der Waals surface area (Å²) < 4.78 is 6.36. The van der Waals surface area contributed by atoms with Crippen LogP contribution in [0.5, 0.6) is 0 Å². The molecule has 4 fully saturated rings. The Hall–Kier alpha value is -2.67. The van der Waals surface area contributed by atoms with Crippen LogP contribution in [0.3, 0.4) is 0 Å². The molecule has 2 saturated heterocycles. The molecule has 7 heteroatoms. The van der Waals surface area contributed by atoms with Gasteiger partial charge < -0.3 is 20.3 Å². The van der Waals surface area contributed by atoms with Crippen molar-refractivity contribution in [2.45, 2.75) is 74.9 Å². The Kier molecular flexibility index (Phi) is 4.64. The standard InChI is InChI=1S/C25H29N3O4/c29-22(26-17-10-11-17)19-18-12-13-25(32-18)20(19)24(31)28(14-15-6-2-1-3-7-15)21(25)23(30)27-16-8-4-5-9-16/h1-3,6-7,12-13,16-21H,4-5,8-11,14H2,(H,26,29)(H,27,30)/t18-,19-,20+,21-,25-/m1/s1. The third-order valence-corrected chi connectivity index (χ3v) is 7.75. The van der Waals surface area contributed by atoms with Crippen molar-refractivity contribution in [1.82, 2.24) is 15.5 Å². The molecule has 3 aliphatic heterocycles. The van der Waals surface area contributed by atoms with E-state index in [9.17, 15) is 14.4 Å². The quantitative estimate of drug-likeness (QED) is 0.666. The fourth-order valence-electron chi connectivity index (χ4n) is 6.09. The largest absolute Gasteiger partial charge is 0.359 e. The number of carbonyl (C=O) groups is 3. The van der Waals surface area contributed by atoms with Crippen LogP contribution < -0.4 is 10.6 Å². The molecule has 5 atom stereocenters. The number of hydrogen-bond acceptors (Lipinski definition) is 4. The van der Waals surface area contributed by atoms with E-state index >= 15 is 0 Å². The van der Waals surface area contributed by atoms with Crippen molar-refractivity contribution in [3.05, 3.63) is 48.0 Å². The van der Waals surface area contributed by atoms with Gasteiger partial charge >= 0.3 is 0 Å². The van der Waals surface area contributed by atoms with Crippen molar-refractivity contribution in [2.75, 3.05) is 0 Å². The Balaban J connectivity index is 1.34. The normalized spacial score (nSPS) is 35.4. The second-order valence-corrected chi connectivity index (χ2v) is 9.93. The molecule has 7 nitrogen and oxygen atoms in total. The zero-order chi connectivity index (χ0) is 21.9. The van der Waals surface area contributed by atoms with Gasteiger partial charge in [-0.25, -0.2) is 0 Å². The molecule has 1 spiro atoms. The van der Waals surface area contributed by atoms with E-state index in [1.165, 1.54) is 0 Å². The molecule has 2 N–H and O–H groups in total. The highest BCUT2D eigenvalue weighted by Crippen LogP contribution is 2.55. The molecule has 3 amide bonds. The smallest absolute Gasteiger partial charge is 0.246 e. The van der Waals surface area contributed by atoms with Gasteiger partial charge in [-0.1, -0.05) is 55.3 Å². The fraction of sp³-hybridized carbons (Fsp3) is 0.560. The maximum atomic E-state index is 13.8. The highest BCUT2D eigenvalue weighted by molar-refractivity contribution is 6.00. The maximum Gasteiger partial charge on any atom is 0.246 e. The molecule has 168 valence electrons. The van der Waals surface area contributed by atoms with E-state index in [0.717, 1.165) is 44.1 Å². The van der Waals surface area contributed by atoms with Gasteiger partial charge in [0.25, 0.3) is 0 Å². The molecule has 0 aromatic heterocycles. The summed E-state index contributed by atoms with van der Waals surface area (Å²) in [7, 11) is 0. The monoisotopic (exact) mass is 435 g/mol. The summed E-state index contributed by atoms with van der Waals surface area (Å²) >= 11 is 0. The summed E-state index contributed by atoms with van der Waals surface area (Å²) in [4.78, 5) is 42.2. The number of nitrogens with zero attached hydrogens (tertiary/aromatic N) is 1. The van der Waals surface area contributed by atoms with Gasteiger partial charge in [-0.3, -0.25) is 14.4 Å². The minimum absolute atomic E-state index is 0.126. The molecule has 5 aliphatic rings. The van der Waals surface area contributed by atoms with Crippen molar-refractivity contribution in [3.8, 4) is 0 Å². The van der Waals surface area contributed by atoms with E-state index in [1.54, 1.807) is 4.90 Å². The summed E-state index contributed by atoms with van der Waals surface area (Å²) in [6.07, 6.45) is 9.42. The van der Waals surface area contributed by atoms with Gasteiger partial charge in [-0.05, 0) is 31.2 Å². The lowest BCUT2D eigenvalue weighted by Gasteiger charge is -2.33. The number of fused-ring (bicyclic) bond motifs is 1. The molecule has 32 heavy (non-hydrogen) atoms. The molecule has 2 bridgehead atoms. The highest BCUT2D eigenvalue weighted by atomic mass is 16.5. The molecule has 2 aliphatic carbocycles. The zero-order valence-corrected chi connectivity index (χ0v) is 18.0. The van der Waals surface area contributed by atoms with E-state index < -0.39 is 29.6 Å². The predicted molar refractivity (Wildman–Crippen MR) is 116 cm³/mol. The first-order valence-electron chi connectivity index (χ1n) is 11.9. The van der Waals surface area contributed by atoms with Gasteiger partial charge in [-0.2, -0.15) is 0 Å². The number of nitrogens with one attached hydrogen (secondary N) is 2. The number of hydrogen-bond donors (Lipinski definition) is 2. The minimum Gasteiger partial charge on any atom is -0.359 e. The fourth-order valence-corrected chi connectivity index (χ4v) is 6.09. The number of benzene rings is 1. The summed E-state index contributed by atoms with van der Waals surface area (Å²) in [6, 6.07) is 9.27. The first-order valence-corrected chi connectivity index (χ1v) is 11.9. The van der Waals surface area contributed by atoms with Crippen molar-refractivity contribution >= 4 is 17.7 Å². The zero-order valence-electron chi connectivity index (χ0n) is 18.0. The molecular formula is C25H29N3O4. The van der Waals surface area contributed by atoms with Crippen molar-refractivity contribution in [2.24, 2.45) is 11.8 Å². The summed E-state index contributed by atoms with van der Waals surface area (Å²) in [5, 5.41) is 6.24. The number of amides is 3. The van der Waals surface area contributed by atoms with Gasteiger partial charge in [0.05, 0.1) is 17.9 Å². The van der Waals surface area contributed by atoms with Crippen molar-refractivity contribution in [3.63, 3.8) is 0 Å². The van der Waals surface area contributed by atoms with Crippen LogP contribution in [0.25, 0.3) is 0 Å². The molecule has 0 radical (unpaired) electrons. The van der Waals surface area contributed by atoms with E-state index in [0.29, 0.717) is 6.54 Å². The molecule has 3 heterocycles. The van der Waals surface area contributed by atoms with Crippen molar-refractivity contribution < 1.29 is 19.1 Å². The average Bonchev–Trinajstić information content (AvgIpc) is 3.14. The Morgan fingerprint density at radius 1 is 1.00 bits per heavy atom. The van der Waals surface area contributed by atoms with Crippen LogP contribution in [0.4, 0.5) is 0 Å². The SMILES string of the molecule is O=C(NC1CC1)[C@H]1[C@H]2C(=O)N(Cc3ccccc3)[C@H](C(=O)NC3CCCC3)[C@@]23C=C[C@H]1O3. The summed E-state index contributed by atoms with van der Waals surface area (Å²) in [5.74, 6) is -1.71. The number of ether oxygens (including phenoxy) is 1. The van der Waals surface area contributed by atoms with Gasteiger partial charge in [-0.15, -0.1) is 0 Å². The predicted octanol–water partition coefficient (Wildman–Crippen LogP) is 1.67. The number of carbonyl (C=O) groups excluding carboxylic acids is 3.